The van der Waals surface area contributed by atoms with Crippen LogP contribution >= 0.6 is 34.5 Å². The van der Waals surface area contributed by atoms with Crippen LogP contribution in [0.15, 0.2) is 60.0 Å². The highest BCUT2D eigenvalue weighted by Crippen LogP contribution is 2.28. The summed E-state index contributed by atoms with van der Waals surface area (Å²) in [7, 11) is 0. The van der Waals surface area contributed by atoms with Crippen molar-refractivity contribution in [1.29, 1.82) is 0 Å². The van der Waals surface area contributed by atoms with Gasteiger partial charge in [-0.15, -0.1) is 11.3 Å². The topological polar surface area (TPSA) is 29.1 Å². The number of nitrogens with one attached hydrogen (secondary N) is 1. The van der Waals surface area contributed by atoms with Crippen molar-refractivity contribution in [3.05, 3.63) is 91.6 Å². The molecule has 2 aromatic carbocycles. The Hall–Kier alpha value is -1.81. The van der Waals surface area contributed by atoms with E-state index >= 15 is 0 Å². The zero-order valence-corrected chi connectivity index (χ0v) is 16.7. The number of thiophene rings is 1. The van der Waals surface area contributed by atoms with Gasteiger partial charge in [-0.1, -0.05) is 66.5 Å². The Bertz CT molecular complexity index is 855. The molecular weight excluding hydrogens is 385 g/mol. The first kappa shape index (κ1) is 19.0. The summed E-state index contributed by atoms with van der Waals surface area (Å²) in [6, 6.07) is 17.5. The second kappa shape index (κ2) is 8.72. The Morgan fingerprint density at radius 2 is 1.73 bits per heavy atom. The number of benzene rings is 2. The quantitative estimate of drug-likeness (QED) is 0.531. The average molecular weight is 404 g/mol. The summed E-state index contributed by atoms with van der Waals surface area (Å²) in [5.74, 6) is -0.113. The summed E-state index contributed by atoms with van der Waals surface area (Å²) in [6.45, 7) is 2.13. The summed E-state index contributed by atoms with van der Waals surface area (Å²) in [4.78, 5) is 13.8. The SMILES string of the molecule is CCc1ccc([C@H](NC(=O)Cc2c(Cl)cccc2Cl)c2cccs2)cc1. The molecule has 1 N–H and O–H groups in total. The zero-order chi connectivity index (χ0) is 18.5. The minimum Gasteiger partial charge on any atom is -0.344 e. The van der Waals surface area contributed by atoms with E-state index in [1.807, 2.05) is 17.5 Å². The lowest BCUT2D eigenvalue weighted by atomic mass is 10.0. The molecule has 1 aromatic heterocycles. The van der Waals surface area contributed by atoms with Crippen molar-refractivity contribution < 1.29 is 4.79 Å². The largest absolute Gasteiger partial charge is 0.344 e. The zero-order valence-electron chi connectivity index (χ0n) is 14.3. The fourth-order valence-electron chi connectivity index (χ4n) is 2.79. The van der Waals surface area contributed by atoms with Crippen molar-refractivity contribution in [3.8, 4) is 0 Å². The van der Waals surface area contributed by atoms with Crippen LogP contribution in [0.5, 0.6) is 0 Å². The van der Waals surface area contributed by atoms with E-state index in [2.05, 4.69) is 36.5 Å². The van der Waals surface area contributed by atoms with Crippen LogP contribution in [0.3, 0.4) is 0 Å². The maximum atomic E-state index is 12.7. The van der Waals surface area contributed by atoms with Gasteiger partial charge in [0.05, 0.1) is 12.5 Å². The van der Waals surface area contributed by atoms with Gasteiger partial charge in [0.2, 0.25) is 5.91 Å². The van der Waals surface area contributed by atoms with Crippen LogP contribution in [0.25, 0.3) is 0 Å². The number of rotatable bonds is 6. The monoisotopic (exact) mass is 403 g/mol. The van der Waals surface area contributed by atoms with E-state index in [9.17, 15) is 4.79 Å². The van der Waals surface area contributed by atoms with E-state index in [1.165, 1.54) is 5.56 Å². The number of halogens is 2. The molecule has 0 fully saturated rings. The predicted molar refractivity (Wildman–Crippen MR) is 110 cm³/mol. The summed E-state index contributed by atoms with van der Waals surface area (Å²) in [6.07, 6.45) is 1.13. The van der Waals surface area contributed by atoms with Crippen LogP contribution in [-0.2, 0) is 17.6 Å². The fraction of sp³-hybridized carbons (Fsp3) is 0.190. The van der Waals surface area contributed by atoms with Gasteiger partial charge in [-0.3, -0.25) is 4.79 Å². The highest BCUT2D eigenvalue weighted by atomic mass is 35.5. The smallest absolute Gasteiger partial charge is 0.225 e. The van der Waals surface area contributed by atoms with Crippen LogP contribution in [0.4, 0.5) is 0 Å². The number of amides is 1. The van der Waals surface area contributed by atoms with Crippen LogP contribution < -0.4 is 5.32 Å². The second-order valence-corrected chi connectivity index (χ2v) is 7.78. The van der Waals surface area contributed by atoms with Gasteiger partial charge in [-0.25, -0.2) is 0 Å². The van der Waals surface area contributed by atoms with E-state index in [1.54, 1.807) is 29.5 Å². The number of carbonyl (C=O) groups excluding carboxylic acids is 1. The van der Waals surface area contributed by atoms with Gasteiger partial charge in [-0.2, -0.15) is 0 Å². The molecule has 134 valence electrons. The number of hydrogen-bond acceptors (Lipinski definition) is 2. The van der Waals surface area contributed by atoms with Crippen molar-refractivity contribution in [2.24, 2.45) is 0 Å². The Balaban J connectivity index is 1.82. The molecule has 2 nitrogen and oxygen atoms in total. The summed E-state index contributed by atoms with van der Waals surface area (Å²) < 4.78 is 0. The van der Waals surface area contributed by atoms with E-state index in [-0.39, 0.29) is 18.4 Å². The van der Waals surface area contributed by atoms with Gasteiger partial charge in [0, 0.05) is 14.9 Å². The van der Waals surface area contributed by atoms with Crippen molar-refractivity contribution >= 4 is 40.4 Å². The minimum atomic E-state index is -0.185. The van der Waals surface area contributed by atoms with Crippen LogP contribution in [0, 0.1) is 0 Å². The van der Waals surface area contributed by atoms with Crippen molar-refractivity contribution in [1.82, 2.24) is 5.32 Å². The third kappa shape index (κ3) is 4.47. The number of aryl methyl sites for hydroxylation is 1. The third-order valence-electron chi connectivity index (χ3n) is 4.25. The first-order valence-electron chi connectivity index (χ1n) is 8.43. The van der Waals surface area contributed by atoms with Crippen LogP contribution in [-0.4, -0.2) is 5.91 Å². The van der Waals surface area contributed by atoms with Crippen LogP contribution in [0.1, 0.15) is 34.5 Å². The third-order valence-corrected chi connectivity index (χ3v) is 5.90. The molecule has 0 saturated carbocycles. The Kier molecular flexibility index (Phi) is 6.36. The second-order valence-electron chi connectivity index (χ2n) is 5.99. The number of carbonyl (C=O) groups is 1. The fourth-order valence-corrected chi connectivity index (χ4v) is 4.13. The summed E-state index contributed by atoms with van der Waals surface area (Å²) >= 11 is 14.0. The normalized spacial score (nSPS) is 12.0. The van der Waals surface area contributed by atoms with E-state index < -0.39 is 0 Å². The molecule has 0 aliphatic heterocycles. The van der Waals surface area contributed by atoms with E-state index in [4.69, 9.17) is 23.2 Å². The molecular formula is C21H19Cl2NOS. The lowest BCUT2D eigenvalue weighted by Gasteiger charge is -2.19. The molecule has 0 bridgehead atoms. The molecule has 3 rings (SSSR count). The lowest BCUT2D eigenvalue weighted by molar-refractivity contribution is -0.120. The van der Waals surface area contributed by atoms with Gasteiger partial charge in [0.25, 0.3) is 0 Å². The Labute approximate surface area is 167 Å². The average Bonchev–Trinajstić information content (AvgIpc) is 3.17. The van der Waals surface area contributed by atoms with E-state index in [0.29, 0.717) is 15.6 Å². The van der Waals surface area contributed by atoms with E-state index in [0.717, 1.165) is 16.9 Å². The Morgan fingerprint density at radius 1 is 1.04 bits per heavy atom. The molecule has 3 aromatic rings. The molecule has 0 radical (unpaired) electrons. The molecule has 1 atom stereocenters. The van der Waals surface area contributed by atoms with Crippen molar-refractivity contribution in [2.75, 3.05) is 0 Å². The summed E-state index contributed by atoms with van der Waals surface area (Å²) in [5, 5.41) is 6.16. The van der Waals surface area contributed by atoms with Gasteiger partial charge >= 0.3 is 0 Å². The highest BCUT2D eigenvalue weighted by molar-refractivity contribution is 7.10. The van der Waals surface area contributed by atoms with Crippen LogP contribution in [0.2, 0.25) is 10.0 Å². The van der Waals surface area contributed by atoms with Crippen molar-refractivity contribution in [2.45, 2.75) is 25.8 Å². The van der Waals surface area contributed by atoms with Gasteiger partial charge in [0.1, 0.15) is 0 Å². The molecule has 0 saturated heterocycles. The summed E-state index contributed by atoms with van der Waals surface area (Å²) in [5.41, 5.74) is 2.98. The molecule has 0 unspecified atom stereocenters. The van der Waals surface area contributed by atoms with Gasteiger partial charge in [-0.05, 0) is 46.7 Å². The first-order chi connectivity index (χ1) is 12.6. The van der Waals surface area contributed by atoms with Crippen molar-refractivity contribution in [3.63, 3.8) is 0 Å². The molecule has 0 spiro atoms. The molecule has 0 aliphatic carbocycles. The predicted octanol–water partition coefficient (Wildman–Crippen LogP) is 6.07. The maximum Gasteiger partial charge on any atom is 0.225 e. The molecule has 1 amide bonds. The Morgan fingerprint density at radius 3 is 2.31 bits per heavy atom. The van der Waals surface area contributed by atoms with Gasteiger partial charge in [0.15, 0.2) is 0 Å². The standard InChI is InChI=1S/C21H19Cl2NOS/c1-2-14-8-10-15(11-9-14)21(19-7-4-12-26-19)24-20(25)13-16-17(22)5-3-6-18(16)23/h3-12,21H,2,13H2,1H3,(H,24,25)/t21-/m0/s1. The molecule has 1 heterocycles. The highest BCUT2D eigenvalue weighted by Gasteiger charge is 2.19. The maximum absolute atomic E-state index is 12.7. The van der Waals surface area contributed by atoms with Gasteiger partial charge < -0.3 is 5.32 Å². The number of hydrogen-bond donors (Lipinski definition) is 1. The lowest BCUT2D eigenvalue weighted by Crippen LogP contribution is -2.30. The first-order valence-corrected chi connectivity index (χ1v) is 10.1. The molecule has 5 heteroatoms. The molecule has 26 heavy (non-hydrogen) atoms. The minimum absolute atomic E-state index is 0.113. The molecule has 0 aliphatic rings.